The maximum absolute atomic E-state index is 13.9. The lowest BCUT2D eigenvalue weighted by molar-refractivity contribution is -0.132. The van der Waals surface area contributed by atoms with Gasteiger partial charge in [0, 0.05) is 37.6 Å². The van der Waals surface area contributed by atoms with Gasteiger partial charge >= 0.3 is 0 Å². The van der Waals surface area contributed by atoms with Crippen LogP contribution >= 0.6 is 11.6 Å². The summed E-state index contributed by atoms with van der Waals surface area (Å²) in [6, 6.07) is 11.7. The van der Waals surface area contributed by atoms with Gasteiger partial charge in [-0.15, -0.1) is 0 Å². The maximum atomic E-state index is 13.9. The summed E-state index contributed by atoms with van der Waals surface area (Å²) < 4.78 is 19.6. The molecule has 7 heteroatoms. The van der Waals surface area contributed by atoms with Crippen molar-refractivity contribution in [3.63, 3.8) is 0 Å². The van der Waals surface area contributed by atoms with Crippen LogP contribution in [-0.2, 0) is 4.79 Å². The molecule has 0 radical (unpaired) electrons. The molecule has 0 N–H and O–H groups in total. The zero-order valence-corrected chi connectivity index (χ0v) is 17.1. The Hall–Kier alpha value is -2.60. The Kier molecular flexibility index (Phi) is 7.09. The number of amides is 2. The van der Waals surface area contributed by atoms with E-state index in [1.165, 1.54) is 18.2 Å². The van der Waals surface area contributed by atoms with E-state index in [0.717, 1.165) is 11.3 Å². The number of para-hydroxylation sites is 1. The molecule has 0 spiro atoms. The summed E-state index contributed by atoms with van der Waals surface area (Å²) in [7, 11) is 0. The summed E-state index contributed by atoms with van der Waals surface area (Å²) in [5.74, 6) is -0.116. The van der Waals surface area contributed by atoms with Crippen molar-refractivity contribution in [1.82, 2.24) is 9.80 Å². The van der Waals surface area contributed by atoms with E-state index in [9.17, 15) is 14.0 Å². The molecule has 5 nitrogen and oxygen atoms in total. The number of benzene rings is 2. The van der Waals surface area contributed by atoms with E-state index < -0.39 is 11.7 Å². The molecule has 0 atom stereocenters. The number of ether oxygens (including phenoxy) is 1. The van der Waals surface area contributed by atoms with E-state index in [4.69, 9.17) is 16.3 Å². The Morgan fingerprint density at radius 2 is 1.76 bits per heavy atom. The number of nitrogens with zero attached hydrogens (tertiary/aromatic N) is 2. The molecule has 2 amide bonds. The lowest BCUT2D eigenvalue weighted by Gasteiger charge is -2.35. The Morgan fingerprint density at radius 1 is 1.07 bits per heavy atom. The molecule has 0 aromatic heterocycles. The van der Waals surface area contributed by atoms with Crippen molar-refractivity contribution in [3.05, 3.63) is 64.4 Å². The van der Waals surface area contributed by atoms with Crippen LogP contribution in [0.4, 0.5) is 4.39 Å². The quantitative estimate of drug-likeness (QED) is 0.668. The SMILES string of the molecule is Cc1ccccc1OCCCC(=O)N1CCN(C(=O)c2cc(Cl)ccc2F)CC1. The molecule has 1 aliphatic rings. The third kappa shape index (κ3) is 5.48. The van der Waals surface area contributed by atoms with Gasteiger partial charge in [0.15, 0.2) is 0 Å². The molecule has 0 aliphatic carbocycles. The smallest absolute Gasteiger partial charge is 0.257 e. The first kappa shape index (κ1) is 21.1. The van der Waals surface area contributed by atoms with Crippen molar-refractivity contribution < 1.29 is 18.7 Å². The number of piperazine rings is 1. The van der Waals surface area contributed by atoms with Crippen LogP contribution in [0.3, 0.4) is 0 Å². The molecular weight excluding hydrogens is 395 g/mol. The number of carbonyl (C=O) groups excluding carboxylic acids is 2. The first-order chi connectivity index (χ1) is 14.0. The minimum Gasteiger partial charge on any atom is -0.493 e. The average molecular weight is 419 g/mol. The van der Waals surface area contributed by atoms with Crippen molar-refractivity contribution in [2.24, 2.45) is 0 Å². The molecular formula is C22H24ClFN2O3. The molecule has 3 rings (SSSR count). The zero-order valence-electron chi connectivity index (χ0n) is 16.4. The second-order valence-electron chi connectivity index (χ2n) is 7.01. The maximum Gasteiger partial charge on any atom is 0.257 e. The summed E-state index contributed by atoms with van der Waals surface area (Å²) in [5, 5.41) is 0.316. The fourth-order valence-electron chi connectivity index (χ4n) is 3.27. The fraction of sp³-hybridized carbons (Fsp3) is 0.364. The minimum absolute atomic E-state index is 0.0365. The van der Waals surface area contributed by atoms with Gasteiger partial charge in [-0.2, -0.15) is 0 Å². The first-order valence-corrected chi connectivity index (χ1v) is 10.0. The first-order valence-electron chi connectivity index (χ1n) is 9.66. The molecule has 29 heavy (non-hydrogen) atoms. The van der Waals surface area contributed by atoms with Gasteiger partial charge in [0.1, 0.15) is 11.6 Å². The standard InChI is InChI=1S/C22H24ClFN2O3/c1-16-5-2-3-6-20(16)29-14-4-7-21(27)25-10-12-26(13-11-25)22(28)18-15-17(23)8-9-19(18)24/h2-3,5-6,8-9,15H,4,7,10-14H2,1H3. The van der Waals surface area contributed by atoms with Crippen molar-refractivity contribution in [2.75, 3.05) is 32.8 Å². The van der Waals surface area contributed by atoms with Crippen LogP contribution in [0.5, 0.6) is 5.75 Å². The summed E-state index contributed by atoms with van der Waals surface area (Å²) in [6.07, 6.45) is 1.02. The number of halogens is 2. The van der Waals surface area contributed by atoms with E-state index >= 15 is 0 Å². The molecule has 154 valence electrons. The molecule has 0 bridgehead atoms. The Labute approximate surface area is 175 Å². The highest BCUT2D eigenvalue weighted by atomic mass is 35.5. The van der Waals surface area contributed by atoms with Gasteiger partial charge in [0.25, 0.3) is 5.91 Å². The highest BCUT2D eigenvalue weighted by Gasteiger charge is 2.26. The molecule has 2 aromatic rings. The molecule has 1 heterocycles. The normalized spacial score (nSPS) is 14.0. The lowest BCUT2D eigenvalue weighted by atomic mass is 10.1. The van der Waals surface area contributed by atoms with Crippen LogP contribution in [0.15, 0.2) is 42.5 Å². The van der Waals surface area contributed by atoms with E-state index in [2.05, 4.69) is 0 Å². The van der Waals surface area contributed by atoms with Crippen molar-refractivity contribution in [1.29, 1.82) is 0 Å². The van der Waals surface area contributed by atoms with E-state index in [-0.39, 0.29) is 11.5 Å². The van der Waals surface area contributed by atoms with Crippen molar-refractivity contribution in [2.45, 2.75) is 19.8 Å². The largest absolute Gasteiger partial charge is 0.493 e. The number of hydrogen-bond donors (Lipinski definition) is 0. The van der Waals surface area contributed by atoms with Gasteiger partial charge < -0.3 is 14.5 Å². The number of hydrogen-bond acceptors (Lipinski definition) is 3. The molecule has 2 aromatic carbocycles. The third-order valence-electron chi connectivity index (χ3n) is 4.96. The summed E-state index contributed by atoms with van der Waals surface area (Å²) >= 11 is 5.87. The summed E-state index contributed by atoms with van der Waals surface area (Å²) in [6.45, 7) is 4.07. The predicted octanol–water partition coefficient (Wildman–Crippen LogP) is 3.93. The number of aryl methyl sites for hydroxylation is 1. The molecule has 1 aliphatic heterocycles. The van der Waals surface area contributed by atoms with Gasteiger partial charge in [-0.25, -0.2) is 4.39 Å². The van der Waals surface area contributed by atoms with Gasteiger partial charge in [-0.05, 0) is 43.2 Å². The van der Waals surface area contributed by atoms with Crippen LogP contribution in [0, 0.1) is 12.7 Å². The molecule has 1 fully saturated rings. The van der Waals surface area contributed by atoms with E-state index in [1.54, 1.807) is 9.80 Å². The van der Waals surface area contributed by atoms with Crippen LogP contribution in [0.1, 0.15) is 28.8 Å². The van der Waals surface area contributed by atoms with Gasteiger partial charge in [0.2, 0.25) is 5.91 Å². The molecule has 0 unspecified atom stereocenters. The summed E-state index contributed by atoms with van der Waals surface area (Å²) in [5.41, 5.74) is 1.03. The van der Waals surface area contributed by atoms with Gasteiger partial charge in [-0.3, -0.25) is 9.59 Å². The topological polar surface area (TPSA) is 49.9 Å². The average Bonchev–Trinajstić information content (AvgIpc) is 2.73. The van der Waals surface area contributed by atoms with Gasteiger partial charge in [0.05, 0.1) is 12.2 Å². The minimum atomic E-state index is -0.591. The number of rotatable bonds is 6. The van der Waals surface area contributed by atoms with Crippen LogP contribution in [-0.4, -0.2) is 54.4 Å². The van der Waals surface area contributed by atoms with Crippen molar-refractivity contribution >= 4 is 23.4 Å². The predicted molar refractivity (Wildman–Crippen MR) is 110 cm³/mol. The van der Waals surface area contributed by atoms with Crippen LogP contribution < -0.4 is 4.74 Å². The van der Waals surface area contributed by atoms with Crippen LogP contribution in [0.2, 0.25) is 5.02 Å². The Bertz CT molecular complexity index is 882. The van der Waals surface area contributed by atoms with Gasteiger partial charge in [-0.1, -0.05) is 29.8 Å². The number of carbonyl (C=O) groups is 2. The lowest BCUT2D eigenvalue weighted by Crippen LogP contribution is -2.50. The monoisotopic (exact) mass is 418 g/mol. The highest BCUT2D eigenvalue weighted by Crippen LogP contribution is 2.19. The fourth-order valence-corrected chi connectivity index (χ4v) is 3.44. The molecule has 0 saturated carbocycles. The van der Waals surface area contributed by atoms with E-state index in [0.29, 0.717) is 50.7 Å². The highest BCUT2D eigenvalue weighted by molar-refractivity contribution is 6.31. The summed E-state index contributed by atoms with van der Waals surface area (Å²) in [4.78, 5) is 28.2. The van der Waals surface area contributed by atoms with Crippen LogP contribution in [0.25, 0.3) is 0 Å². The zero-order chi connectivity index (χ0) is 20.8. The van der Waals surface area contributed by atoms with E-state index in [1.807, 2.05) is 31.2 Å². The molecule has 1 saturated heterocycles. The van der Waals surface area contributed by atoms with Crippen molar-refractivity contribution in [3.8, 4) is 5.75 Å². The second-order valence-corrected chi connectivity index (χ2v) is 7.45. The third-order valence-corrected chi connectivity index (χ3v) is 5.20. The Morgan fingerprint density at radius 3 is 2.48 bits per heavy atom. The second kappa shape index (κ2) is 9.74. The Balaban J connectivity index is 1.43.